The van der Waals surface area contributed by atoms with Gasteiger partial charge in [0.05, 0.1) is 0 Å². The van der Waals surface area contributed by atoms with Gasteiger partial charge in [-0.15, -0.1) is 0 Å². The monoisotopic (exact) mass is 449 g/mol. The number of fused-ring (bicyclic) bond motifs is 1. The molecule has 2 aromatic carbocycles. The fourth-order valence-corrected chi connectivity index (χ4v) is 2.94. The molecular formula is C19H16BrNO7. The van der Waals surface area contributed by atoms with Crippen LogP contribution in [0.4, 0.5) is 10.5 Å². The molecule has 1 aliphatic heterocycles. The lowest BCUT2D eigenvalue weighted by atomic mass is 10.1. The molecule has 0 fully saturated rings. The Hall–Kier alpha value is -3.20. The topological polar surface area (TPSA) is 114 Å². The predicted molar refractivity (Wildman–Crippen MR) is 103 cm³/mol. The number of carbonyl (C=O) groups excluding carboxylic acids is 1. The molecule has 1 amide bonds. The maximum Gasteiger partial charge on any atom is 0.412 e. The van der Waals surface area contributed by atoms with E-state index in [0.717, 1.165) is 6.08 Å². The predicted octanol–water partition coefficient (Wildman–Crippen LogP) is 4.20. The van der Waals surface area contributed by atoms with E-state index in [1.54, 1.807) is 30.3 Å². The van der Waals surface area contributed by atoms with Crippen LogP contribution >= 0.6 is 15.9 Å². The zero-order valence-corrected chi connectivity index (χ0v) is 16.0. The van der Waals surface area contributed by atoms with Gasteiger partial charge in [-0.1, -0.05) is 22.0 Å². The molecular weight excluding hydrogens is 434 g/mol. The summed E-state index contributed by atoms with van der Waals surface area (Å²) in [5.41, 5.74) is 0.776. The zero-order valence-electron chi connectivity index (χ0n) is 14.4. The minimum absolute atomic E-state index is 0.0604. The number of carboxylic acids is 1. The standard InChI is InChI=1S/C19H16BrNO7/c20-11-4-6-14(22)13(8-11)15(2-1-3-18(23)24)28-19(25)21-12-5-7-16-17(9-12)27-10-26-16/h1,3-9,15,22H,2,10H2,(H,21,25)(H,23,24)/b3-1+/t15-/m1/s1. The van der Waals surface area contributed by atoms with Crippen LogP contribution in [0.3, 0.4) is 0 Å². The first-order valence-electron chi connectivity index (χ1n) is 8.17. The Morgan fingerprint density at radius 1 is 1.21 bits per heavy atom. The Bertz CT molecular complexity index is 928. The van der Waals surface area contributed by atoms with Crippen molar-refractivity contribution in [1.82, 2.24) is 0 Å². The van der Waals surface area contributed by atoms with E-state index < -0.39 is 18.2 Å². The molecule has 0 saturated heterocycles. The van der Waals surface area contributed by atoms with E-state index in [-0.39, 0.29) is 19.0 Å². The quantitative estimate of drug-likeness (QED) is 0.565. The smallest absolute Gasteiger partial charge is 0.412 e. The number of rotatable bonds is 6. The van der Waals surface area contributed by atoms with E-state index in [2.05, 4.69) is 21.2 Å². The largest absolute Gasteiger partial charge is 0.508 e. The van der Waals surface area contributed by atoms with Gasteiger partial charge >= 0.3 is 12.1 Å². The molecule has 8 nitrogen and oxygen atoms in total. The lowest BCUT2D eigenvalue weighted by Crippen LogP contribution is -2.17. The molecule has 0 radical (unpaired) electrons. The summed E-state index contributed by atoms with van der Waals surface area (Å²) in [6.07, 6.45) is 0.682. The Morgan fingerprint density at radius 2 is 2.00 bits per heavy atom. The van der Waals surface area contributed by atoms with Crippen LogP contribution in [0.25, 0.3) is 0 Å². The molecule has 146 valence electrons. The van der Waals surface area contributed by atoms with Crippen molar-refractivity contribution in [3.05, 3.63) is 58.6 Å². The number of ether oxygens (including phenoxy) is 3. The summed E-state index contributed by atoms with van der Waals surface area (Å²) in [4.78, 5) is 23.1. The fourth-order valence-electron chi connectivity index (χ4n) is 2.57. The molecule has 2 aromatic rings. The number of hydrogen-bond acceptors (Lipinski definition) is 6. The van der Waals surface area contributed by atoms with Gasteiger partial charge in [0.2, 0.25) is 6.79 Å². The first kappa shape index (κ1) is 19.6. The summed E-state index contributed by atoms with van der Waals surface area (Å²) < 4.78 is 16.6. The number of aliphatic carboxylic acids is 1. The molecule has 3 N–H and O–H groups in total. The van der Waals surface area contributed by atoms with Crippen LogP contribution in [-0.2, 0) is 9.53 Å². The Balaban J connectivity index is 1.75. The minimum Gasteiger partial charge on any atom is -0.508 e. The van der Waals surface area contributed by atoms with E-state index in [4.69, 9.17) is 19.3 Å². The highest BCUT2D eigenvalue weighted by Crippen LogP contribution is 2.35. The maximum atomic E-state index is 12.4. The van der Waals surface area contributed by atoms with Gasteiger partial charge in [-0.25, -0.2) is 9.59 Å². The molecule has 1 aliphatic rings. The van der Waals surface area contributed by atoms with E-state index in [1.807, 2.05) is 0 Å². The normalized spacial score (nSPS) is 13.3. The van der Waals surface area contributed by atoms with Crippen LogP contribution in [0.1, 0.15) is 18.1 Å². The number of amides is 1. The summed E-state index contributed by atoms with van der Waals surface area (Å²) in [6.45, 7) is 0.114. The summed E-state index contributed by atoms with van der Waals surface area (Å²) in [5.74, 6) is -0.118. The Morgan fingerprint density at radius 3 is 2.79 bits per heavy atom. The van der Waals surface area contributed by atoms with Crippen molar-refractivity contribution in [2.45, 2.75) is 12.5 Å². The van der Waals surface area contributed by atoms with Gasteiger partial charge in [0.1, 0.15) is 11.9 Å². The number of phenolic OH excluding ortho intramolecular Hbond substituents is 1. The van der Waals surface area contributed by atoms with Gasteiger partial charge in [0.25, 0.3) is 0 Å². The molecule has 0 spiro atoms. The van der Waals surface area contributed by atoms with Crippen LogP contribution in [0.15, 0.2) is 53.0 Å². The Kier molecular flexibility index (Phi) is 6.05. The van der Waals surface area contributed by atoms with Crippen LogP contribution in [0.2, 0.25) is 0 Å². The number of anilines is 1. The lowest BCUT2D eigenvalue weighted by molar-refractivity contribution is -0.131. The fraction of sp³-hybridized carbons (Fsp3) is 0.158. The second kappa shape index (κ2) is 8.66. The van der Waals surface area contributed by atoms with Crippen molar-refractivity contribution < 1.29 is 34.0 Å². The van der Waals surface area contributed by atoms with Crippen LogP contribution in [0, 0.1) is 0 Å². The average molecular weight is 450 g/mol. The minimum atomic E-state index is -1.12. The third-order valence-corrected chi connectivity index (χ3v) is 4.31. The van der Waals surface area contributed by atoms with Crippen LogP contribution in [-0.4, -0.2) is 29.1 Å². The van der Waals surface area contributed by atoms with Crippen molar-refractivity contribution in [3.8, 4) is 17.2 Å². The number of hydrogen-bond donors (Lipinski definition) is 3. The second-order valence-electron chi connectivity index (χ2n) is 5.77. The van der Waals surface area contributed by atoms with Crippen molar-refractivity contribution in [2.75, 3.05) is 12.1 Å². The van der Waals surface area contributed by atoms with Gasteiger partial charge in [-0.05, 0) is 30.3 Å². The molecule has 0 aliphatic carbocycles. The number of carbonyl (C=O) groups is 2. The highest BCUT2D eigenvalue weighted by atomic mass is 79.9. The average Bonchev–Trinajstić information content (AvgIpc) is 3.10. The molecule has 0 saturated carbocycles. The number of benzene rings is 2. The first-order chi connectivity index (χ1) is 13.4. The summed E-state index contributed by atoms with van der Waals surface area (Å²) in [5, 5.41) is 21.5. The number of carboxylic acid groups (broad SMARTS) is 1. The summed E-state index contributed by atoms with van der Waals surface area (Å²) in [7, 11) is 0. The molecule has 0 bridgehead atoms. The van der Waals surface area contributed by atoms with Crippen molar-refractivity contribution in [2.24, 2.45) is 0 Å². The van der Waals surface area contributed by atoms with Gasteiger partial charge in [0.15, 0.2) is 11.5 Å². The number of phenols is 1. The van der Waals surface area contributed by atoms with Crippen molar-refractivity contribution in [3.63, 3.8) is 0 Å². The van der Waals surface area contributed by atoms with Gasteiger partial charge in [0, 0.05) is 34.3 Å². The summed E-state index contributed by atoms with van der Waals surface area (Å²) in [6, 6.07) is 9.57. The van der Waals surface area contributed by atoms with E-state index in [0.29, 0.717) is 27.2 Å². The SMILES string of the molecule is O=C(O)/C=C/C[C@@H](OC(=O)Nc1ccc2c(c1)OCO2)c1cc(Br)ccc1O. The van der Waals surface area contributed by atoms with Gasteiger partial charge in [-0.3, -0.25) is 5.32 Å². The number of halogens is 1. The summed E-state index contributed by atoms with van der Waals surface area (Å²) >= 11 is 3.30. The van der Waals surface area contributed by atoms with Crippen molar-refractivity contribution >= 4 is 33.7 Å². The maximum absolute atomic E-state index is 12.4. The molecule has 3 rings (SSSR count). The molecule has 1 heterocycles. The number of nitrogens with one attached hydrogen (secondary N) is 1. The van der Waals surface area contributed by atoms with Gasteiger partial charge in [-0.2, -0.15) is 0 Å². The van der Waals surface area contributed by atoms with Crippen LogP contribution in [0.5, 0.6) is 17.2 Å². The third-order valence-electron chi connectivity index (χ3n) is 3.82. The van der Waals surface area contributed by atoms with E-state index in [1.165, 1.54) is 12.1 Å². The van der Waals surface area contributed by atoms with E-state index >= 15 is 0 Å². The highest BCUT2D eigenvalue weighted by molar-refractivity contribution is 9.10. The first-order valence-corrected chi connectivity index (χ1v) is 8.97. The van der Waals surface area contributed by atoms with Crippen LogP contribution < -0.4 is 14.8 Å². The second-order valence-corrected chi connectivity index (χ2v) is 6.68. The third kappa shape index (κ3) is 4.95. The van der Waals surface area contributed by atoms with Crippen molar-refractivity contribution in [1.29, 1.82) is 0 Å². The van der Waals surface area contributed by atoms with Gasteiger partial charge < -0.3 is 24.4 Å². The van der Waals surface area contributed by atoms with E-state index in [9.17, 15) is 14.7 Å². The highest BCUT2D eigenvalue weighted by Gasteiger charge is 2.21. The molecule has 0 aromatic heterocycles. The molecule has 9 heteroatoms. The molecule has 1 atom stereocenters. The molecule has 28 heavy (non-hydrogen) atoms. The molecule has 0 unspecified atom stereocenters. The zero-order chi connectivity index (χ0) is 20.1. The lowest BCUT2D eigenvalue weighted by Gasteiger charge is -2.19. The Labute approximate surface area is 168 Å². The number of aromatic hydroxyl groups is 1.